The van der Waals surface area contributed by atoms with Gasteiger partial charge in [-0.05, 0) is 37.1 Å². The summed E-state index contributed by atoms with van der Waals surface area (Å²) in [5.41, 5.74) is 0.563. The van der Waals surface area contributed by atoms with Crippen molar-refractivity contribution < 1.29 is 9.59 Å². The Morgan fingerprint density at radius 1 is 1.11 bits per heavy atom. The summed E-state index contributed by atoms with van der Waals surface area (Å²) in [5, 5.41) is 6.12. The molecule has 18 heavy (non-hydrogen) atoms. The predicted octanol–water partition coefficient (Wildman–Crippen LogP) is 1.60. The second kappa shape index (κ2) is 5.87. The fraction of sp³-hybridized carbons (Fsp3) is 0.385. The number of hydrogen-bond donors (Lipinski definition) is 2. The summed E-state index contributed by atoms with van der Waals surface area (Å²) in [4.78, 5) is 23.0. The summed E-state index contributed by atoms with van der Waals surface area (Å²) in [7, 11) is 0. The minimum absolute atomic E-state index is 0.0933. The van der Waals surface area contributed by atoms with E-state index in [9.17, 15) is 9.59 Å². The van der Waals surface area contributed by atoms with Crippen LogP contribution in [0.3, 0.4) is 0 Å². The Bertz CT molecular complexity index is 441. The van der Waals surface area contributed by atoms with E-state index in [0.717, 1.165) is 12.8 Å². The lowest BCUT2D eigenvalue weighted by Gasteiger charge is -2.06. The molecule has 1 fully saturated rings. The number of hydrogen-bond acceptors (Lipinski definition) is 2. The van der Waals surface area contributed by atoms with Crippen LogP contribution in [-0.2, 0) is 4.79 Å². The summed E-state index contributed by atoms with van der Waals surface area (Å²) in [6.45, 7) is 0.897. The number of benzene rings is 1. The van der Waals surface area contributed by atoms with Crippen molar-refractivity contribution in [3.8, 4) is 0 Å². The van der Waals surface area contributed by atoms with Crippen molar-refractivity contribution in [2.75, 3.05) is 13.1 Å². The Morgan fingerprint density at radius 3 is 2.33 bits per heavy atom. The lowest BCUT2D eigenvalue weighted by Crippen LogP contribution is -2.35. The molecule has 1 aliphatic carbocycles. The second-order valence-corrected chi connectivity index (χ2v) is 4.76. The third kappa shape index (κ3) is 3.74. The van der Waals surface area contributed by atoms with E-state index < -0.39 is 0 Å². The third-order valence-corrected chi connectivity index (χ3v) is 3.02. The number of carbonyl (C=O) groups excluding carboxylic acids is 2. The zero-order chi connectivity index (χ0) is 13.0. The molecule has 2 amide bonds. The van der Waals surface area contributed by atoms with Crippen LogP contribution < -0.4 is 10.6 Å². The molecule has 0 saturated heterocycles. The van der Waals surface area contributed by atoms with Gasteiger partial charge in [0.15, 0.2) is 0 Å². The van der Waals surface area contributed by atoms with E-state index in [1.807, 2.05) is 0 Å². The molecule has 0 bridgehead atoms. The van der Waals surface area contributed by atoms with Crippen LogP contribution in [0.15, 0.2) is 24.3 Å². The third-order valence-electron chi connectivity index (χ3n) is 2.76. The summed E-state index contributed by atoms with van der Waals surface area (Å²) >= 11 is 5.73. The molecule has 1 saturated carbocycles. The molecule has 0 heterocycles. The first kappa shape index (κ1) is 12.9. The van der Waals surface area contributed by atoms with Crippen molar-refractivity contribution >= 4 is 23.4 Å². The summed E-state index contributed by atoms with van der Waals surface area (Å²) in [5.74, 6) is 0.139. The molecule has 1 aromatic rings. The summed E-state index contributed by atoms with van der Waals surface area (Å²) < 4.78 is 0. The van der Waals surface area contributed by atoms with Crippen molar-refractivity contribution in [1.29, 1.82) is 0 Å². The van der Waals surface area contributed by atoms with Crippen molar-refractivity contribution in [1.82, 2.24) is 10.6 Å². The molecular weight excluding hydrogens is 252 g/mol. The maximum atomic E-state index is 11.7. The highest BCUT2D eigenvalue weighted by atomic mass is 35.5. The molecule has 1 aromatic carbocycles. The highest BCUT2D eigenvalue weighted by molar-refractivity contribution is 6.30. The first-order valence-electron chi connectivity index (χ1n) is 5.98. The normalized spacial score (nSPS) is 14.1. The minimum atomic E-state index is -0.160. The van der Waals surface area contributed by atoms with Gasteiger partial charge in [0, 0.05) is 29.6 Å². The Morgan fingerprint density at radius 2 is 1.72 bits per heavy atom. The van der Waals surface area contributed by atoms with Gasteiger partial charge in [0.1, 0.15) is 0 Å². The summed E-state index contributed by atoms with van der Waals surface area (Å²) in [6.07, 6.45) is 1.98. The molecule has 0 atom stereocenters. The van der Waals surface area contributed by atoms with Gasteiger partial charge in [-0.3, -0.25) is 9.59 Å². The quantitative estimate of drug-likeness (QED) is 0.796. The zero-order valence-electron chi connectivity index (χ0n) is 9.91. The van der Waals surface area contributed by atoms with Crippen molar-refractivity contribution in [3.05, 3.63) is 34.9 Å². The monoisotopic (exact) mass is 266 g/mol. The fourth-order valence-corrected chi connectivity index (χ4v) is 1.68. The van der Waals surface area contributed by atoms with Gasteiger partial charge in [0.2, 0.25) is 5.91 Å². The maximum Gasteiger partial charge on any atom is 0.251 e. The largest absolute Gasteiger partial charge is 0.354 e. The van der Waals surface area contributed by atoms with Gasteiger partial charge < -0.3 is 10.6 Å². The van der Waals surface area contributed by atoms with Crippen LogP contribution in [0.5, 0.6) is 0 Å². The van der Waals surface area contributed by atoms with Gasteiger partial charge in [0.05, 0.1) is 0 Å². The Kier molecular flexibility index (Phi) is 4.20. The lowest BCUT2D eigenvalue weighted by atomic mass is 10.2. The molecule has 0 aliphatic heterocycles. The minimum Gasteiger partial charge on any atom is -0.354 e. The van der Waals surface area contributed by atoms with Crippen LogP contribution in [0.25, 0.3) is 0 Å². The highest BCUT2D eigenvalue weighted by Gasteiger charge is 2.28. The van der Waals surface area contributed by atoms with Gasteiger partial charge in [-0.15, -0.1) is 0 Å². The predicted molar refractivity (Wildman–Crippen MR) is 69.5 cm³/mol. The van der Waals surface area contributed by atoms with E-state index in [0.29, 0.717) is 23.7 Å². The Labute approximate surface area is 111 Å². The molecular formula is C13H15ClN2O2. The number of halogens is 1. The van der Waals surface area contributed by atoms with Crippen LogP contribution in [0, 0.1) is 5.92 Å². The molecule has 2 rings (SSSR count). The average Bonchev–Trinajstić information content (AvgIpc) is 3.19. The Balaban J connectivity index is 1.68. The molecule has 0 spiro atoms. The van der Waals surface area contributed by atoms with E-state index in [-0.39, 0.29) is 17.7 Å². The van der Waals surface area contributed by atoms with Gasteiger partial charge in [-0.25, -0.2) is 0 Å². The molecule has 5 heteroatoms. The second-order valence-electron chi connectivity index (χ2n) is 4.33. The molecule has 1 aliphatic rings. The van der Waals surface area contributed by atoms with Crippen LogP contribution in [0.1, 0.15) is 23.2 Å². The van der Waals surface area contributed by atoms with Gasteiger partial charge in [-0.2, -0.15) is 0 Å². The van der Waals surface area contributed by atoms with Crippen LogP contribution in [-0.4, -0.2) is 24.9 Å². The van der Waals surface area contributed by atoms with E-state index in [4.69, 9.17) is 11.6 Å². The van der Waals surface area contributed by atoms with E-state index in [1.165, 1.54) is 0 Å². The first-order valence-corrected chi connectivity index (χ1v) is 6.36. The number of rotatable bonds is 5. The van der Waals surface area contributed by atoms with Crippen molar-refractivity contribution in [2.45, 2.75) is 12.8 Å². The number of nitrogens with one attached hydrogen (secondary N) is 2. The van der Waals surface area contributed by atoms with Gasteiger partial charge >= 0.3 is 0 Å². The van der Waals surface area contributed by atoms with Crippen molar-refractivity contribution in [3.63, 3.8) is 0 Å². The molecule has 4 nitrogen and oxygen atoms in total. The lowest BCUT2D eigenvalue weighted by molar-refractivity contribution is -0.122. The zero-order valence-corrected chi connectivity index (χ0v) is 10.7. The van der Waals surface area contributed by atoms with Crippen LogP contribution in [0.4, 0.5) is 0 Å². The number of amides is 2. The fourth-order valence-electron chi connectivity index (χ4n) is 1.55. The van der Waals surface area contributed by atoms with Gasteiger partial charge in [-0.1, -0.05) is 11.6 Å². The van der Waals surface area contributed by atoms with E-state index in [2.05, 4.69) is 10.6 Å². The molecule has 0 aromatic heterocycles. The molecule has 96 valence electrons. The molecule has 2 N–H and O–H groups in total. The van der Waals surface area contributed by atoms with E-state index in [1.54, 1.807) is 24.3 Å². The SMILES string of the molecule is O=C(NCCNC(=O)C1CC1)c1ccc(Cl)cc1. The van der Waals surface area contributed by atoms with E-state index >= 15 is 0 Å². The average molecular weight is 267 g/mol. The van der Waals surface area contributed by atoms with Crippen molar-refractivity contribution in [2.24, 2.45) is 5.92 Å². The molecule has 0 unspecified atom stereocenters. The molecule has 0 radical (unpaired) electrons. The van der Waals surface area contributed by atoms with Gasteiger partial charge in [0.25, 0.3) is 5.91 Å². The standard InChI is InChI=1S/C13H15ClN2O2/c14-11-5-3-10(4-6-11)13(18)16-8-7-15-12(17)9-1-2-9/h3-6,9H,1-2,7-8H2,(H,15,17)(H,16,18). The van der Waals surface area contributed by atoms with Crippen LogP contribution in [0.2, 0.25) is 5.02 Å². The smallest absolute Gasteiger partial charge is 0.251 e. The maximum absolute atomic E-state index is 11.7. The highest BCUT2D eigenvalue weighted by Crippen LogP contribution is 2.28. The van der Waals surface area contributed by atoms with Crippen LogP contribution >= 0.6 is 11.6 Å². The number of carbonyl (C=O) groups is 2. The first-order chi connectivity index (χ1) is 8.66. The topological polar surface area (TPSA) is 58.2 Å². The Hall–Kier alpha value is -1.55. The summed E-state index contributed by atoms with van der Waals surface area (Å²) in [6, 6.07) is 6.68.